The summed E-state index contributed by atoms with van der Waals surface area (Å²) in [5.41, 5.74) is 0. The SMILES string of the molecule is CC/C=C\C/C=C\C/C=C\C/C=C\C/C=C\C/C=C\C/C=C\CCCCCCCCCC(=O)NC(COC1OC(CO)C(OC2OC(CO)C(OC3OC(CO)C(O)C(O)C3O)C(O)C2O)C(O)C1O)C(O)/C=C/CCCCC. The van der Waals surface area contributed by atoms with Crippen LogP contribution in [-0.4, -0.2) is 193 Å². The Hall–Kier alpha value is -3.29. The van der Waals surface area contributed by atoms with E-state index >= 15 is 0 Å². The molecule has 3 heterocycles. The van der Waals surface area contributed by atoms with Crippen LogP contribution in [0.15, 0.2) is 97.2 Å². The van der Waals surface area contributed by atoms with Gasteiger partial charge in [-0.3, -0.25) is 4.79 Å². The predicted molar refractivity (Wildman–Crippen MR) is 300 cm³/mol. The number of ether oxygens (including phenoxy) is 6. The number of allylic oxidation sites excluding steroid dienone is 15. The minimum atomic E-state index is -1.98. The number of hydrogen-bond acceptors (Lipinski definition) is 18. The van der Waals surface area contributed by atoms with Gasteiger partial charge in [0.15, 0.2) is 18.9 Å². The van der Waals surface area contributed by atoms with Gasteiger partial charge < -0.3 is 89.9 Å². The zero-order chi connectivity index (χ0) is 57.6. The highest BCUT2D eigenvalue weighted by Gasteiger charge is 2.53. The molecule has 17 atom stereocenters. The van der Waals surface area contributed by atoms with Crippen LogP contribution >= 0.6 is 0 Å². The first-order valence-electron chi connectivity index (χ1n) is 29.0. The molecule has 0 aromatic heterocycles. The van der Waals surface area contributed by atoms with Crippen molar-refractivity contribution in [3.05, 3.63) is 97.2 Å². The number of hydrogen-bond donors (Lipinski definition) is 12. The van der Waals surface area contributed by atoms with Crippen molar-refractivity contribution in [2.45, 2.75) is 247 Å². The van der Waals surface area contributed by atoms with Crippen molar-refractivity contribution in [2.24, 2.45) is 0 Å². The van der Waals surface area contributed by atoms with E-state index in [1.165, 1.54) is 0 Å². The fourth-order valence-electron chi connectivity index (χ4n) is 9.11. The van der Waals surface area contributed by atoms with Crippen molar-refractivity contribution in [3.63, 3.8) is 0 Å². The lowest BCUT2D eigenvalue weighted by atomic mass is 9.96. The Labute approximate surface area is 469 Å². The lowest BCUT2D eigenvalue weighted by molar-refractivity contribution is -0.379. The summed E-state index contributed by atoms with van der Waals surface area (Å²) in [4.78, 5) is 13.2. The lowest BCUT2D eigenvalue weighted by Gasteiger charge is -2.48. The van der Waals surface area contributed by atoms with Crippen LogP contribution in [0, 0.1) is 0 Å². The molecule has 19 heteroatoms. The summed E-state index contributed by atoms with van der Waals surface area (Å²) in [6, 6.07) is -0.982. The Morgan fingerprint density at radius 2 is 0.873 bits per heavy atom. The molecule has 3 aliphatic rings. The first-order valence-corrected chi connectivity index (χ1v) is 29.0. The van der Waals surface area contributed by atoms with E-state index in [9.17, 15) is 61.0 Å². The van der Waals surface area contributed by atoms with E-state index in [-0.39, 0.29) is 18.9 Å². The molecule has 452 valence electrons. The number of aliphatic hydroxyl groups excluding tert-OH is 11. The van der Waals surface area contributed by atoms with Crippen LogP contribution < -0.4 is 5.32 Å². The van der Waals surface area contributed by atoms with E-state index < -0.39 is 124 Å². The molecule has 12 N–H and O–H groups in total. The molecule has 3 fully saturated rings. The van der Waals surface area contributed by atoms with Gasteiger partial charge in [0, 0.05) is 6.42 Å². The van der Waals surface area contributed by atoms with Gasteiger partial charge >= 0.3 is 0 Å². The van der Waals surface area contributed by atoms with Crippen molar-refractivity contribution in [2.75, 3.05) is 26.4 Å². The molecule has 17 unspecified atom stereocenters. The molecule has 0 radical (unpaired) electrons. The highest BCUT2D eigenvalue weighted by Crippen LogP contribution is 2.33. The highest BCUT2D eigenvalue weighted by molar-refractivity contribution is 5.76. The molecule has 0 aliphatic carbocycles. The minimum absolute atomic E-state index is 0.222. The van der Waals surface area contributed by atoms with E-state index in [2.05, 4.69) is 104 Å². The third-order valence-corrected chi connectivity index (χ3v) is 13.9. The molecule has 79 heavy (non-hydrogen) atoms. The van der Waals surface area contributed by atoms with Gasteiger partial charge in [-0.2, -0.15) is 0 Å². The van der Waals surface area contributed by atoms with Crippen molar-refractivity contribution in [3.8, 4) is 0 Å². The summed E-state index contributed by atoms with van der Waals surface area (Å²) in [6.45, 7) is 1.43. The Morgan fingerprint density at radius 1 is 0.468 bits per heavy atom. The molecule has 0 saturated carbocycles. The second-order valence-corrected chi connectivity index (χ2v) is 20.4. The lowest BCUT2D eigenvalue weighted by Crippen LogP contribution is -2.66. The first-order chi connectivity index (χ1) is 38.3. The Kier molecular flexibility index (Phi) is 37.7. The van der Waals surface area contributed by atoms with Crippen LogP contribution in [0.25, 0.3) is 0 Å². The maximum atomic E-state index is 13.2. The van der Waals surface area contributed by atoms with E-state index in [4.69, 9.17) is 28.4 Å². The Bertz CT molecular complexity index is 1820. The average molecular weight is 1120 g/mol. The molecule has 0 aromatic carbocycles. The molecule has 0 bridgehead atoms. The Balaban J connectivity index is 1.37. The molecule has 3 saturated heterocycles. The maximum absolute atomic E-state index is 13.2. The van der Waals surface area contributed by atoms with E-state index in [1.807, 2.05) is 6.08 Å². The summed E-state index contributed by atoms with van der Waals surface area (Å²) < 4.78 is 34.0. The second kappa shape index (κ2) is 42.5. The third-order valence-electron chi connectivity index (χ3n) is 13.9. The van der Waals surface area contributed by atoms with Crippen LogP contribution in [0.1, 0.15) is 142 Å². The van der Waals surface area contributed by atoms with E-state index in [0.29, 0.717) is 12.8 Å². The van der Waals surface area contributed by atoms with Gasteiger partial charge in [0.25, 0.3) is 0 Å². The quantitative estimate of drug-likeness (QED) is 0.0295. The summed E-state index contributed by atoms with van der Waals surface area (Å²) >= 11 is 0. The molecule has 3 rings (SSSR count). The predicted octanol–water partition coefficient (Wildman–Crippen LogP) is 4.59. The van der Waals surface area contributed by atoms with Gasteiger partial charge in [-0.05, 0) is 77.0 Å². The van der Waals surface area contributed by atoms with Crippen molar-refractivity contribution in [1.29, 1.82) is 0 Å². The van der Waals surface area contributed by atoms with Gasteiger partial charge in [-0.1, -0.05) is 156 Å². The summed E-state index contributed by atoms with van der Waals surface area (Å²) in [6.07, 6.45) is 26.2. The maximum Gasteiger partial charge on any atom is 0.220 e. The number of unbranched alkanes of at least 4 members (excludes halogenated alkanes) is 10. The zero-order valence-corrected chi connectivity index (χ0v) is 46.8. The van der Waals surface area contributed by atoms with Crippen LogP contribution in [0.4, 0.5) is 0 Å². The number of rotatable bonds is 40. The second-order valence-electron chi connectivity index (χ2n) is 20.4. The molecule has 0 spiro atoms. The number of nitrogens with one attached hydrogen (secondary N) is 1. The molecule has 1 amide bonds. The van der Waals surface area contributed by atoms with Gasteiger partial charge in [0.2, 0.25) is 5.91 Å². The standard InChI is InChI=1S/C60H99NO18/c1-3-5-7-9-10-11-12-13-14-15-16-17-18-19-20-21-22-23-24-25-26-27-28-29-30-31-32-34-36-38-48(66)61-43(44(65)37-35-33-8-6-4-2)42-74-58-54(72)51(69)56(46(40-63)76-58)79-60-55(73)52(70)57(47(41-64)77-60)78-59-53(71)50(68)49(67)45(39-62)75-59/h5,7,10-11,13-14,16-17,19-20,22-23,25-26,35,37,43-47,49-60,62-65,67-73H,3-4,6,8-9,12,15,18,21,24,27-34,36,38-42H2,1-2H3,(H,61,66)/b7-5-,11-10-,14-13-,17-16-,20-19-,23-22-,26-25-,37-35+. The minimum Gasteiger partial charge on any atom is -0.394 e. The third kappa shape index (κ3) is 26.7. The molecule has 19 nitrogen and oxygen atoms in total. The summed E-state index contributed by atoms with van der Waals surface area (Å²) in [5, 5.41) is 119. The van der Waals surface area contributed by atoms with Crippen LogP contribution in [-0.2, 0) is 33.2 Å². The first kappa shape index (κ1) is 70.0. The summed E-state index contributed by atoms with van der Waals surface area (Å²) in [5.74, 6) is -0.301. The average Bonchev–Trinajstić information content (AvgIpc) is 3.48. The zero-order valence-electron chi connectivity index (χ0n) is 46.8. The highest BCUT2D eigenvalue weighted by atomic mass is 16.8. The van der Waals surface area contributed by atoms with E-state index in [1.54, 1.807) is 6.08 Å². The van der Waals surface area contributed by atoms with Crippen LogP contribution in [0.5, 0.6) is 0 Å². The topological polar surface area (TPSA) is 307 Å². The smallest absolute Gasteiger partial charge is 0.220 e. The van der Waals surface area contributed by atoms with Gasteiger partial charge in [0.05, 0.1) is 38.6 Å². The number of amides is 1. The van der Waals surface area contributed by atoms with Gasteiger partial charge in [-0.15, -0.1) is 0 Å². The molecule has 3 aliphatic heterocycles. The fraction of sp³-hybridized carbons (Fsp3) is 0.717. The largest absolute Gasteiger partial charge is 0.394 e. The summed E-state index contributed by atoms with van der Waals surface area (Å²) in [7, 11) is 0. The van der Waals surface area contributed by atoms with Crippen LogP contribution in [0.2, 0.25) is 0 Å². The monoisotopic (exact) mass is 1120 g/mol. The number of carbonyl (C=O) groups is 1. The fourth-order valence-corrected chi connectivity index (χ4v) is 9.11. The van der Waals surface area contributed by atoms with Crippen molar-refractivity contribution >= 4 is 5.91 Å². The Morgan fingerprint density at radius 3 is 1.37 bits per heavy atom. The van der Waals surface area contributed by atoms with Crippen molar-refractivity contribution < 1.29 is 89.4 Å². The normalized spacial score (nSPS) is 31.0. The van der Waals surface area contributed by atoms with E-state index in [0.717, 1.165) is 109 Å². The molecular weight excluding hydrogens is 1020 g/mol. The molecule has 0 aromatic rings. The number of aliphatic hydroxyl groups is 11. The number of carbonyl (C=O) groups excluding carboxylic acids is 1. The van der Waals surface area contributed by atoms with Gasteiger partial charge in [-0.25, -0.2) is 0 Å². The van der Waals surface area contributed by atoms with Crippen molar-refractivity contribution in [1.82, 2.24) is 5.32 Å². The van der Waals surface area contributed by atoms with Gasteiger partial charge in [0.1, 0.15) is 73.2 Å². The molecular formula is C60H99NO18. The van der Waals surface area contributed by atoms with Crippen LogP contribution in [0.3, 0.4) is 0 Å².